The minimum atomic E-state index is -3.77. The van der Waals surface area contributed by atoms with Crippen LogP contribution in [0.15, 0.2) is 47.4 Å². The Balaban J connectivity index is 1.90. The number of rotatable bonds is 4. The Bertz CT molecular complexity index is 1050. The van der Waals surface area contributed by atoms with Crippen LogP contribution in [0.4, 0.5) is 18.9 Å². The second-order valence-corrected chi connectivity index (χ2v) is 8.91. The van der Waals surface area contributed by atoms with Crippen LogP contribution in [-0.2, 0) is 9.84 Å². The second-order valence-electron chi connectivity index (χ2n) is 6.30. The Morgan fingerprint density at radius 2 is 1.75 bits per heavy atom. The van der Waals surface area contributed by atoms with Crippen molar-refractivity contribution in [1.29, 1.82) is 0 Å². The molecule has 1 N–H and O–H groups in total. The van der Waals surface area contributed by atoms with Crippen molar-refractivity contribution in [2.75, 3.05) is 5.32 Å². The standard InChI is InChI=1S/C19H15ClF3NO3S/c20-14-7-6-11(8-17(14)28(26,27)13-4-2-1-3-5-13)19(25)24-12-9-15(21)18(23)16(22)10-12/h1-2,6-10,13H,3-5H2,(H,24,25)/t13-/m1/s1. The molecule has 0 saturated heterocycles. The van der Waals surface area contributed by atoms with Gasteiger partial charge in [0.05, 0.1) is 15.2 Å². The van der Waals surface area contributed by atoms with E-state index < -0.39 is 38.4 Å². The van der Waals surface area contributed by atoms with E-state index in [9.17, 15) is 26.4 Å². The van der Waals surface area contributed by atoms with Gasteiger partial charge in [0.1, 0.15) is 0 Å². The molecule has 0 aromatic heterocycles. The van der Waals surface area contributed by atoms with E-state index in [1.165, 1.54) is 12.1 Å². The number of hydrogen-bond acceptors (Lipinski definition) is 3. The smallest absolute Gasteiger partial charge is 0.255 e. The molecule has 1 aliphatic rings. The molecule has 0 spiro atoms. The van der Waals surface area contributed by atoms with Crippen LogP contribution in [0.5, 0.6) is 0 Å². The summed E-state index contributed by atoms with van der Waals surface area (Å²) in [5.74, 6) is -5.39. The van der Waals surface area contributed by atoms with Crippen molar-refractivity contribution in [3.8, 4) is 0 Å². The van der Waals surface area contributed by atoms with E-state index in [1.54, 1.807) is 6.08 Å². The van der Waals surface area contributed by atoms with Crippen molar-refractivity contribution in [2.45, 2.75) is 29.4 Å². The van der Waals surface area contributed by atoms with Gasteiger partial charge in [-0.15, -0.1) is 0 Å². The molecule has 2 aromatic rings. The van der Waals surface area contributed by atoms with E-state index in [4.69, 9.17) is 11.6 Å². The van der Waals surface area contributed by atoms with Gasteiger partial charge in [-0.1, -0.05) is 23.8 Å². The van der Waals surface area contributed by atoms with Gasteiger partial charge in [0.15, 0.2) is 27.3 Å². The normalized spacial score (nSPS) is 16.8. The SMILES string of the molecule is O=C(Nc1cc(F)c(F)c(F)c1)c1ccc(Cl)c(S(=O)(=O)[C@@H]2CC=CCC2)c1. The number of halogens is 4. The maximum atomic E-state index is 13.3. The Morgan fingerprint density at radius 1 is 1.07 bits per heavy atom. The van der Waals surface area contributed by atoms with Crippen molar-refractivity contribution in [1.82, 2.24) is 0 Å². The van der Waals surface area contributed by atoms with Crippen LogP contribution in [0.2, 0.25) is 5.02 Å². The second kappa shape index (κ2) is 7.97. The summed E-state index contributed by atoms with van der Waals surface area (Å²) in [5.41, 5.74) is -0.377. The molecule has 28 heavy (non-hydrogen) atoms. The minimum absolute atomic E-state index is 0.0232. The highest BCUT2D eigenvalue weighted by Gasteiger charge is 2.30. The van der Waals surface area contributed by atoms with Crippen molar-refractivity contribution in [3.63, 3.8) is 0 Å². The van der Waals surface area contributed by atoms with Crippen molar-refractivity contribution < 1.29 is 26.4 Å². The molecule has 0 aliphatic heterocycles. The average molecular weight is 430 g/mol. The highest BCUT2D eigenvalue weighted by molar-refractivity contribution is 7.92. The summed E-state index contributed by atoms with van der Waals surface area (Å²) in [6.07, 6.45) is 5.11. The fourth-order valence-electron chi connectivity index (χ4n) is 2.92. The fourth-order valence-corrected chi connectivity index (χ4v) is 5.16. The summed E-state index contributed by atoms with van der Waals surface area (Å²) in [4.78, 5) is 12.2. The van der Waals surface area contributed by atoms with E-state index >= 15 is 0 Å². The van der Waals surface area contributed by atoms with Gasteiger partial charge in [-0.3, -0.25) is 4.79 Å². The predicted molar refractivity (Wildman–Crippen MR) is 99.7 cm³/mol. The van der Waals surface area contributed by atoms with Crippen LogP contribution in [0, 0.1) is 17.5 Å². The van der Waals surface area contributed by atoms with Gasteiger partial charge in [0.25, 0.3) is 5.91 Å². The molecule has 1 aliphatic carbocycles. The Kier molecular flexibility index (Phi) is 5.81. The van der Waals surface area contributed by atoms with Crippen LogP contribution in [0.3, 0.4) is 0 Å². The quantitative estimate of drug-likeness (QED) is 0.556. The summed E-state index contributed by atoms with van der Waals surface area (Å²) in [6, 6.07) is 4.93. The van der Waals surface area contributed by atoms with Gasteiger partial charge in [-0.2, -0.15) is 0 Å². The largest absolute Gasteiger partial charge is 0.322 e. The highest BCUT2D eigenvalue weighted by atomic mass is 35.5. The molecule has 0 radical (unpaired) electrons. The summed E-state index contributed by atoms with van der Waals surface area (Å²) in [5, 5.41) is 1.54. The monoisotopic (exact) mass is 429 g/mol. The first-order valence-corrected chi connectivity index (χ1v) is 10.3. The van der Waals surface area contributed by atoms with Crippen LogP contribution in [0.25, 0.3) is 0 Å². The number of hydrogen-bond donors (Lipinski definition) is 1. The molecular formula is C19H15ClF3NO3S. The predicted octanol–water partition coefficient (Wildman–Crippen LogP) is 4.89. The van der Waals surface area contributed by atoms with Crippen LogP contribution >= 0.6 is 11.6 Å². The summed E-state index contributed by atoms with van der Waals surface area (Å²) >= 11 is 6.05. The number of sulfone groups is 1. The number of amides is 1. The minimum Gasteiger partial charge on any atom is -0.322 e. The zero-order valence-electron chi connectivity index (χ0n) is 14.4. The van der Waals surface area contributed by atoms with Crippen molar-refractivity contribution in [2.24, 2.45) is 0 Å². The number of allylic oxidation sites excluding steroid dienone is 2. The van der Waals surface area contributed by atoms with Crippen LogP contribution in [0.1, 0.15) is 29.6 Å². The molecule has 1 atom stereocenters. The Morgan fingerprint density at radius 3 is 2.36 bits per heavy atom. The summed E-state index contributed by atoms with van der Waals surface area (Å²) < 4.78 is 65.4. The number of carbonyl (C=O) groups is 1. The number of benzene rings is 2. The van der Waals surface area contributed by atoms with Gasteiger partial charge in [-0.25, -0.2) is 21.6 Å². The topological polar surface area (TPSA) is 63.2 Å². The zero-order chi connectivity index (χ0) is 20.5. The molecule has 2 aromatic carbocycles. The van der Waals surface area contributed by atoms with Gasteiger partial charge in [0, 0.05) is 23.4 Å². The molecule has 1 amide bonds. The first-order valence-electron chi connectivity index (χ1n) is 8.34. The summed E-state index contributed by atoms with van der Waals surface area (Å²) in [6.45, 7) is 0. The molecule has 148 valence electrons. The molecule has 0 unspecified atom stereocenters. The lowest BCUT2D eigenvalue weighted by Crippen LogP contribution is -2.23. The first-order chi connectivity index (χ1) is 13.2. The third-order valence-corrected chi connectivity index (χ3v) is 7.10. The fraction of sp³-hybridized carbons (Fsp3) is 0.211. The Labute approximate surface area is 164 Å². The lowest BCUT2D eigenvalue weighted by atomic mass is 10.1. The molecule has 4 nitrogen and oxygen atoms in total. The molecule has 0 saturated carbocycles. The van der Waals surface area contributed by atoms with Gasteiger partial charge in [0.2, 0.25) is 0 Å². The number of nitrogens with one attached hydrogen (secondary N) is 1. The Hall–Kier alpha value is -2.32. The highest BCUT2D eigenvalue weighted by Crippen LogP contribution is 2.31. The molecule has 3 rings (SSSR count). The van der Waals surface area contributed by atoms with Gasteiger partial charge in [-0.05, 0) is 37.5 Å². The van der Waals surface area contributed by atoms with E-state index in [-0.39, 0.29) is 21.2 Å². The lowest BCUT2D eigenvalue weighted by molar-refractivity contribution is 0.102. The molecule has 0 heterocycles. The van der Waals surface area contributed by atoms with Gasteiger partial charge < -0.3 is 5.32 Å². The lowest BCUT2D eigenvalue weighted by Gasteiger charge is -2.19. The first kappa shape index (κ1) is 20.4. The molecule has 0 bridgehead atoms. The summed E-state index contributed by atoms with van der Waals surface area (Å²) in [7, 11) is -3.77. The van der Waals surface area contributed by atoms with Crippen molar-refractivity contribution >= 4 is 33.0 Å². The number of carbonyl (C=O) groups excluding carboxylic acids is 1. The van der Waals surface area contributed by atoms with Crippen LogP contribution < -0.4 is 5.32 Å². The molecule has 0 fully saturated rings. The maximum Gasteiger partial charge on any atom is 0.255 e. The average Bonchev–Trinajstić information content (AvgIpc) is 2.67. The van der Waals surface area contributed by atoms with Crippen LogP contribution in [-0.4, -0.2) is 19.6 Å². The van der Waals surface area contributed by atoms with Gasteiger partial charge >= 0.3 is 0 Å². The third-order valence-electron chi connectivity index (χ3n) is 4.40. The molecular weight excluding hydrogens is 415 g/mol. The van der Waals surface area contributed by atoms with E-state index in [0.717, 1.165) is 6.07 Å². The van der Waals surface area contributed by atoms with Crippen molar-refractivity contribution in [3.05, 3.63) is 70.5 Å². The maximum absolute atomic E-state index is 13.3. The number of anilines is 1. The molecule has 9 heteroatoms. The third kappa shape index (κ3) is 4.07. The van der Waals surface area contributed by atoms with E-state index in [0.29, 0.717) is 31.4 Å². The van der Waals surface area contributed by atoms with E-state index in [2.05, 4.69) is 5.32 Å². The van der Waals surface area contributed by atoms with E-state index in [1.807, 2.05) is 6.08 Å². The zero-order valence-corrected chi connectivity index (χ0v) is 16.0.